The maximum Gasteiger partial charge on any atom is 0.254 e. The molecule has 1 N–H and O–H groups in total. The van der Waals surface area contributed by atoms with Crippen LogP contribution in [0, 0.1) is 0 Å². The molecule has 2 heterocycles. The van der Waals surface area contributed by atoms with E-state index in [0.717, 1.165) is 31.6 Å². The van der Waals surface area contributed by atoms with Crippen molar-refractivity contribution in [3.63, 3.8) is 0 Å². The minimum Gasteiger partial charge on any atom is -0.348 e. The van der Waals surface area contributed by atoms with Gasteiger partial charge in [0.2, 0.25) is 0 Å². The van der Waals surface area contributed by atoms with E-state index in [1.165, 1.54) is 5.56 Å². The lowest BCUT2D eigenvalue weighted by Gasteiger charge is -2.39. The summed E-state index contributed by atoms with van der Waals surface area (Å²) in [6.45, 7) is 5.15. The number of nitrogens with zero attached hydrogens (tertiary/aromatic N) is 3. The number of piperidine rings is 1. The lowest BCUT2D eigenvalue weighted by Crippen LogP contribution is -2.54. The molecule has 0 unspecified atom stereocenters. The van der Waals surface area contributed by atoms with E-state index in [-0.39, 0.29) is 17.9 Å². The van der Waals surface area contributed by atoms with Crippen molar-refractivity contribution in [1.82, 2.24) is 20.2 Å². The van der Waals surface area contributed by atoms with E-state index in [4.69, 9.17) is 0 Å². The summed E-state index contributed by atoms with van der Waals surface area (Å²) in [6, 6.07) is 10.9. The molecule has 1 aromatic heterocycles. The van der Waals surface area contributed by atoms with Crippen LogP contribution >= 0.6 is 0 Å². The molecule has 0 saturated carbocycles. The van der Waals surface area contributed by atoms with Crippen LogP contribution in [0.1, 0.15) is 54.4 Å². The average Bonchev–Trinajstić information content (AvgIpc) is 2.65. The van der Waals surface area contributed by atoms with Crippen LogP contribution in [-0.4, -0.2) is 46.5 Å². The lowest BCUT2D eigenvalue weighted by atomic mass is 9.91. The Kier molecular flexibility index (Phi) is 5.99. The quantitative estimate of drug-likeness (QED) is 0.899. The molecule has 26 heavy (non-hydrogen) atoms. The fraction of sp³-hybridized carbons (Fsp3) is 0.476. The number of nitrogens with one attached hydrogen (secondary N) is 1. The van der Waals surface area contributed by atoms with Gasteiger partial charge in [-0.15, -0.1) is 0 Å². The molecule has 2 atom stereocenters. The molecule has 1 saturated heterocycles. The van der Waals surface area contributed by atoms with E-state index in [1.807, 2.05) is 19.9 Å². The van der Waals surface area contributed by atoms with Crippen LogP contribution in [0.25, 0.3) is 0 Å². The van der Waals surface area contributed by atoms with Crippen molar-refractivity contribution in [2.75, 3.05) is 13.6 Å². The Labute approximate surface area is 155 Å². The summed E-state index contributed by atoms with van der Waals surface area (Å²) in [5.41, 5.74) is 1.83. The number of amides is 1. The Morgan fingerprint density at radius 1 is 1.23 bits per heavy atom. The van der Waals surface area contributed by atoms with Crippen molar-refractivity contribution in [2.45, 2.75) is 51.1 Å². The van der Waals surface area contributed by atoms with Gasteiger partial charge in [-0.2, -0.15) is 0 Å². The Bertz CT molecular complexity index is 715. The van der Waals surface area contributed by atoms with Gasteiger partial charge in [0.25, 0.3) is 5.91 Å². The number of benzene rings is 1. The van der Waals surface area contributed by atoms with Gasteiger partial charge in [0.1, 0.15) is 5.82 Å². The third-order valence-electron chi connectivity index (χ3n) is 5.11. The Morgan fingerprint density at radius 2 is 1.92 bits per heavy atom. The predicted octanol–water partition coefficient (Wildman–Crippen LogP) is 3.04. The number of aromatic nitrogens is 2. The first-order valence-electron chi connectivity index (χ1n) is 9.41. The molecular formula is C21H28N4O. The first-order valence-corrected chi connectivity index (χ1v) is 9.41. The molecule has 2 aromatic rings. The number of rotatable bonds is 5. The minimum absolute atomic E-state index is 0.0846. The second-order valence-corrected chi connectivity index (χ2v) is 7.44. The van der Waals surface area contributed by atoms with Gasteiger partial charge in [0.05, 0.1) is 5.56 Å². The normalized spacial score (nSPS) is 20.9. The van der Waals surface area contributed by atoms with E-state index in [1.54, 1.807) is 12.4 Å². The molecular weight excluding hydrogens is 324 g/mol. The SMILES string of the molecule is CC(C)c1ncc(C(=O)N[C@H]2CCCN(C)[C@H]2Cc2ccccc2)cn1. The molecule has 1 aliphatic rings. The topological polar surface area (TPSA) is 58.1 Å². The fourth-order valence-corrected chi connectivity index (χ4v) is 3.55. The summed E-state index contributed by atoms with van der Waals surface area (Å²) in [5, 5.41) is 3.22. The van der Waals surface area contributed by atoms with E-state index < -0.39 is 0 Å². The smallest absolute Gasteiger partial charge is 0.254 e. The predicted molar refractivity (Wildman–Crippen MR) is 103 cm³/mol. The second-order valence-electron chi connectivity index (χ2n) is 7.44. The van der Waals surface area contributed by atoms with E-state index in [0.29, 0.717) is 11.6 Å². The van der Waals surface area contributed by atoms with Crippen molar-refractivity contribution in [2.24, 2.45) is 0 Å². The van der Waals surface area contributed by atoms with Crippen molar-refractivity contribution in [3.8, 4) is 0 Å². The third kappa shape index (κ3) is 4.47. The molecule has 1 aliphatic heterocycles. The first-order chi connectivity index (χ1) is 12.5. The van der Waals surface area contributed by atoms with E-state index >= 15 is 0 Å². The van der Waals surface area contributed by atoms with Gasteiger partial charge in [-0.1, -0.05) is 44.2 Å². The summed E-state index contributed by atoms with van der Waals surface area (Å²) < 4.78 is 0. The van der Waals surface area contributed by atoms with Gasteiger partial charge in [0.15, 0.2) is 0 Å². The van der Waals surface area contributed by atoms with Gasteiger partial charge in [0, 0.05) is 30.4 Å². The summed E-state index contributed by atoms with van der Waals surface area (Å²) in [4.78, 5) is 23.7. The van der Waals surface area contributed by atoms with Crippen LogP contribution < -0.4 is 5.32 Å². The second kappa shape index (κ2) is 8.41. The number of carbonyl (C=O) groups is 1. The molecule has 0 spiro atoms. The van der Waals surface area contributed by atoms with Gasteiger partial charge < -0.3 is 10.2 Å². The van der Waals surface area contributed by atoms with Crippen LogP contribution in [0.15, 0.2) is 42.7 Å². The highest BCUT2D eigenvalue weighted by Gasteiger charge is 2.30. The maximum absolute atomic E-state index is 12.7. The number of carbonyl (C=O) groups excluding carboxylic acids is 1. The molecule has 0 bridgehead atoms. The summed E-state index contributed by atoms with van der Waals surface area (Å²) >= 11 is 0. The monoisotopic (exact) mass is 352 g/mol. The highest BCUT2D eigenvalue weighted by molar-refractivity contribution is 5.93. The van der Waals surface area contributed by atoms with Crippen LogP contribution in [0.2, 0.25) is 0 Å². The van der Waals surface area contributed by atoms with Crippen LogP contribution in [0.5, 0.6) is 0 Å². The molecule has 0 aliphatic carbocycles. The zero-order valence-corrected chi connectivity index (χ0v) is 15.9. The van der Waals surface area contributed by atoms with Crippen LogP contribution in [-0.2, 0) is 6.42 Å². The van der Waals surface area contributed by atoms with Crippen LogP contribution in [0.4, 0.5) is 0 Å². The van der Waals surface area contributed by atoms with Gasteiger partial charge in [-0.25, -0.2) is 9.97 Å². The largest absolute Gasteiger partial charge is 0.348 e. The molecule has 5 nitrogen and oxygen atoms in total. The van der Waals surface area contributed by atoms with E-state index in [2.05, 4.69) is 51.5 Å². The molecule has 5 heteroatoms. The lowest BCUT2D eigenvalue weighted by molar-refractivity contribution is 0.0851. The Morgan fingerprint density at radius 3 is 2.58 bits per heavy atom. The summed E-state index contributed by atoms with van der Waals surface area (Å²) in [6.07, 6.45) is 6.30. The fourth-order valence-electron chi connectivity index (χ4n) is 3.55. The van der Waals surface area contributed by atoms with Crippen molar-refractivity contribution >= 4 is 5.91 Å². The van der Waals surface area contributed by atoms with Crippen molar-refractivity contribution < 1.29 is 4.79 Å². The molecule has 1 aromatic carbocycles. The Balaban J connectivity index is 1.70. The highest BCUT2D eigenvalue weighted by atomic mass is 16.1. The molecule has 0 radical (unpaired) electrons. The maximum atomic E-state index is 12.7. The van der Waals surface area contributed by atoms with Crippen molar-refractivity contribution in [3.05, 3.63) is 59.7 Å². The summed E-state index contributed by atoms with van der Waals surface area (Å²) in [5.74, 6) is 0.939. The highest BCUT2D eigenvalue weighted by Crippen LogP contribution is 2.20. The average molecular weight is 352 g/mol. The zero-order chi connectivity index (χ0) is 18.5. The number of hydrogen-bond donors (Lipinski definition) is 1. The summed E-state index contributed by atoms with van der Waals surface area (Å²) in [7, 11) is 2.15. The van der Waals surface area contributed by atoms with E-state index in [9.17, 15) is 4.79 Å². The molecule has 1 fully saturated rings. The molecule has 138 valence electrons. The van der Waals surface area contributed by atoms with Crippen LogP contribution in [0.3, 0.4) is 0 Å². The minimum atomic E-state index is -0.0846. The van der Waals surface area contributed by atoms with Gasteiger partial charge in [-0.05, 0) is 38.4 Å². The number of likely N-dealkylation sites (N-methyl/N-ethyl adjacent to an activating group) is 1. The Hall–Kier alpha value is -2.27. The number of hydrogen-bond acceptors (Lipinski definition) is 4. The zero-order valence-electron chi connectivity index (χ0n) is 15.9. The molecule has 1 amide bonds. The standard InChI is InChI=1S/C21H28N4O/c1-15(2)20-22-13-17(14-23-20)21(26)24-18-10-7-11-25(3)19(18)12-16-8-5-4-6-9-16/h4-6,8-9,13-15,18-19H,7,10-12H2,1-3H3,(H,24,26)/t18-,19-/m0/s1. The third-order valence-corrected chi connectivity index (χ3v) is 5.11. The van der Waals surface area contributed by atoms with Gasteiger partial charge in [-0.3, -0.25) is 4.79 Å². The number of likely N-dealkylation sites (tertiary alicyclic amines) is 1. The van der Waals surface area contributed by atoms with Crippen molar-refractivity contribution in [1.29, 1.82) is 0 Å². The molecule has 3 rings (SSSR count). The van der Waals surface area contributed by atoms with Gasteiger partial charge >= 0.3 is 0 Å². The first kappa shape index (κ1) is 18.5.